The molecule has 0 aromatic carbocycles. The Balaban J connectivity index is 3.42. The molecule has 0 saturated heterocycles. The van der Waals surface area contributed by atoms with Crippen molar-refractivity contribution in [3.05, 3.63) is 26.6 Å². The molecule has 0 bridgehead atoms. The lowest BCUT2D eigenvalue weighted by Gasteiger charge is -2.13. The number of pyridine rings is 1. The number of hydrogen-bond acceptors (Lipinski definition) is 1. The number of aromatic nitrogens is 1. The molecule has 90 valence electrons. The zero-order valence-electron chi connectivity index (χ0n) is 7.45. The van der Waals surface area contributed by atoms with E-state index >= 15 is 0 Å². The van der Waals surface area contributed by atoms with Crippen molar-refractivity contribution in [3.8, 4) is 0 Å². The molecule has 0 amide bonds. The van der Waals surface area contributed by atoms with Gasteiger partial charge in [0, 0.05) is 8.90 Å². The van der Waals surface area contributed by atoms with E-state index in [9.17, 15) is 22.0 Å². The van der Waals surface area contributed by atoms with Crippen LogP contribution in [0.5, 0.6) is 0 Å². The average molecular weight is 416 g/mol. The molecule has 0 unspecified atom stereocenters. The van der Waals surface area contributed by atoms with E-state index < -0.39 is 23.9 Å². The van der Waals surface area contributed by atoms with Gasteiger partial charge in [0.05, 0.1) is 11.3 Å². The third-order valence-electron chi connectivity index (χ3n) is 1.72. The van der Waals surface area contributed by atoms with Gasteiger partial charge in [-0.25, -0.2) is 13.8 Å². The number of alkyl halides is 6. The van der Waals surface area contributed by atoms with Gasteiger partial charge in [-0.1, -0.05) is 15.9 Å². The molecule has 1 aromatic rings. The van der Waals surface area contributed by atoms with Gasteiger partial charge in [-0.3, -0.25) is 0 Å². The summed E-state index contributed by atoms with van der Waals surface area (Å²) in [6, 6.07) is 0.686. The second-order valence-electron chi connectivity index (χ2n) is 2.78. The van der Waals surface area contributed by atoms with Crippen LogP contribution >= 0.6 is 38.5 Å². The summed E-state index contributed by atoms with van der Waals surface area (Å²) in [4.78, 5) is 3.33. The van der Waals surface area contributed by atoms with Gasteiger partial charge in [-0.15, -0.1) is 0 Å². The monoisotopic (exact) mass is 415 g/mol. The first-order chi connectivity index (χ1) is 7.27. The smallest absolute Gasteiger partial charge is 0.249 e. The maximum atomic E-state index is 12.4. The van der Waals surface area contributed by atoms with Crippen LogP contribution in [-0.2, 0) is 11.5 Å². The fourth-order valence-electron chi connectivity index (χ4n) is 1.03. The Labute approximate surface area is 110 Å². The van der Waals surface area contributed by atoms with E-state index in [1.807, 2.05) is 0 Å². The molecule has 0 radical (unpaired) electrons. The SMILES string of the molecule is FC(F)c1nc(CBr)c(I)cc1C(F)(F)F. The molecule has 1 nitrogen and oxygen atoms in total. The lowest BCUT2D eigenvalue weighted by atomic mass is 10.1. The van der Waals surface area contributed by atoms with Crippen molar-refractivity contribution in [3.63, 3.8) is 0 Å². The molecule has 0 N–H and O–H groups in total. The van der Waals surface area contributed by atoms with E-state index in [1.54, 1.807) is 22.6 Å². The molecular weight excluding hydrogens is 412 g/mol. The van der Waals surface area contributed by atoms with Crippen LogP contribution < -0.4 is 0 Å². The standard InChI is InChI=1S/C8H4BrF5IN/c9-2-5-4(15)1-3(8(12,13)14)6(16-5)7(10)11/h1,7H,2H2. The van der Waals surface area contributed by atoms with Gasteiger partial charge < -0.3 is 0 Å². The Morgan fingerprint density at radius 2 is 1.94 bits per heavy atom. The zero-order valence-corrected chi connectivity index (χ0v) is 11.2. The third kappa shape index (κ3) is 3.02. The third-order valence-corrected chi connectivity index (χ3v) is 3.18. The van der Waals surface area contributed by atoms with Crippen molar-refractivity contribution >= 4 is 38.5 Å². The summed E-state index contributed by atoms with van der Waals surface area (Å²) >= 11 is 4.60. The number of hydrogen-bond donors (Lipinski definition) is 0. The van der Waals surface area contributed by atoms with E-state index in [2.05, 4.69) is 20.9 Å². The first kappa shape index (κ1) is 14.1. The van der Waals surface area contributed by atoms with Gasteiger partial charge in [0.2, 0.25) is 0 Å². The summed E-state index contributed by atoms with van der Waals surface area (Å²) in [5.74, 6) is 0. The summed E-state index contributed by atoms with van der Waals surface area (Å²) in [6.45, 7) is 0. The van der Waals surface area contributed by atoms with E-state index in [1.165, 1.54) is 0 Å². The molecule has 0 saturated carbocycles. The first-order valence-electron chi connectivity index (χ1n) is 3.88. The van der Waals surface area contributed by atoms with Crippen LogP contribution in [0.15, 0.2) is 6.07 Å². The fraction of sp³-hybridized carbons (Fsp3) is 0.375. The van der Waals surface area contributed by atoms with Crippen molar-refractivity contribution in [1.82, 2.24) is 4.98 Å². The highest BCUT2D eigenvalue weighted by Gasteiger charge is 2.37. The van der Waals surface area contributed by atoms with E-state index in [0.29, 0.717) is 6.07 Å². The van der Waals surface area contributed by atoms with Crippen molar-refractivity contribution in [2.24, 2.45) is 0 Å². The van der Waals surface area contributed by atoms with Gasteiger partial charge in [0.1, 0.15) is 5.69 Å². The Morgan fingerprint density at radius 1 is 1.38 bits per heavy atom. The van der Waals surface area contributed by atoms with Crippen molar-refractivity contribution < 1.29 is 22.0 Å². The second-order valence-corrected chi connectivity index (χ2v) is 4.50. The Bertz CT molecular complexity index is 393. The number of rotatable bonds is 2. The second kappa shape index (κ2) is 5.11. The molecule has 1 aromatic heterocycles. The summed E-state index contributed by atoms with van der Waals surface area (Å²) < 4.78 is 62.4. The molecule has 1 rings (SSSR count). The topological polar surface area (TPSA) is 12.9 Å². The summed E-state index contributed by atoms with van der Waals surface area (Å²) in [6.07, 6.45) is -8.06. The lowest BCUT2D eigenvalue weighted by molar-refractivity contribution is -0.140. The average Bonchev–Trinajstić information content (AvgIpc) is 2.15. The summed E-state index contributed by atoms with van der Waals surface area (Å²) in [7, 11) is 0. The largest absolute Gasteiger partial charge is 0.418 e. The molecule has 0 fully saturated rings. The predicted molar refractivity (Wildman–Crippen MR) is 59.5 cm³/mol. The fourth-order valence-corrected chi connectivity index (χ4v) is 2.60. The van der Waals surface area contributed by atoms with Gasteiger partial charge in [-0.05, 0) is 28.7 Å². The molecule has 0 aliphatic rings. The van der Waals surface area contributed by atoms with Crippen LogP contribution in [0.3, 0.4) is 0 Å². The Morgan fingerprint density at radius 3 is 2.31 bits per heavy atom. The molecule has 0 aliphatic carbocycles. The molecule has 1 heterocycles. The van der Waals surface area contributed by atoms with Crippen LogP contribution in [-0.4, -0.2) is 4.98 Å². The molecule has 8 heteroatoms. The maximum absolute atomic E-state index is 12.4. The van der Waals surface area contributed by atoms with Gasteiger partial charge in [0.25, 0.3) is 6.43 Å². The van der Waals surface area contributed by atoms with Crippen LogP contribution in [0.25, 0.3) is 0 Å². The number of halogens is 7. The van der Waals surface area contributed by atoms with Crippen molar-refractivity contribution in [2.45, 2.75) is 17.9 Å². The summed E-state index contributed by atoms with van der Waals surface area (Å²) in [5, 5.41) is 0.128. The molecule has 16 heavy (non-hydrogen) atoms. The quantitative estimate of drug-likeness (QED) is 0.392. The summed E-state index contributed by atoms with van der Waals surface area (Å²) in [5.41, 5.74) is -2.43. The van der Waals surface area contributed by atoms with Gasteiger partial charge >= 0.3 is 6.18 Å². The van der Waals surface area contributed by atoms with E-state index in [4.69, 9.17) is 0 Å². The minimum absolute atomic E-state index is 0.128. The number of nitrogens with zero attached hydrogens (tertiary/aromatic N) is 1. The highest BCUT2D eigenvalue weighted by molar-refractivity contribution is 14.1. The first-order valence-corrected chi connectivity index (χ1v) is 6.08. The Kier molecular flexibility index (Phi) is 4.49. The van der Waals surface area contributed by atoms with E-state index in [0.717, 1.165) is 0 Å². The van der Waals surface area contributed by atoms with Crippen molar-refractivity contribution in [1.29, 1.82) is 0 Å². The van der Waals surface area contributed by atoms with Crippen molar-refractivity contribution in [2.75, 3.05) is 0 Å². The predicted octanol–water partition coefficient (Wildman–Crippen LogP) is 4.54. The Hall–Kier alpha value is 0.01000. The maximum Gasteiger partial charge on any atom is 0.418 e. The molecule has 0 spiro atoms. The highest BCUT2D eigenvalue weighted by atomic mass is 127. The van der Waals surface area contributed by atoms with E-state index in [-0.39, 0.29) is 14.6 Å². The minimum Gasteiger partial charge on any atom is -0.249 e. The van der Waals surface area contributed by atoms with Gasteiger partial charge in [0.15, 0.2) is 0 Å². The van der Waals surface area contributed by atoms with Crippen LogP contribution in [0.2, 0.25) is 0 Å². The molecule has 0 aliphatic heterocycles. The molecule has 0 atom stereocenters. The lowest BCUT2D eigenvalue weighted by Crippen LogP contribution is -2.13. The normalized spacial score (nSPS) is 12.2. The minimum atomic E-state index is -4.82. The zero-order chi connectivity index (χ0) is 12.5. The highest BCUT2D eigenvalue weighted by Crippen LogP contribution is 2.36. The molecular formula is C8H4BrF5IN. The van der Waals surface area contributed by atoms with Crippen LogP contribution in [0.4, 0.5) is 22.0 Å². The van der Waals surface area contributed by atoms with Crippen LogP contribution in [0.1, 0.15) is 23.4 Å². The van der Waals surface area contributed by atoms with Crippen LogP contribution in [0, 0.1) is 3.57 Å². The van der Waals surface area contributed by atoms with Gasteiger partial charge in [-0.2, -0.15) is 13.2 Å².